The molecule has 2 unspecified atom stereocenters. The number of aliphatic hydroxyl groups excluding tert-OH is 1. The number of anilines is 1. The number of carbonyl (C=O) groups is 2. The Morgan fingerprint density at radius 3 is 2.54 bits per heavy atom. The van der Waals surface area contributed by atoms with Crippen molar-refractivity contribution in [1.82, 2.24) is 5.32 Å². The first-order valence-corrected chi connectivity index (χ1v) is 8.89. The summed E-state index contributed by atoms with van der Waals surface area (Å²) in [6.45, 7) is 2.71. The summed E-state index contributed by atoms with van der Waals surface area (Å²) in [6, 6.07) is 17.3. The fourth-order valence-corrected chi connectivity index (χ4v) is 3.24. The quantitative estimate of drug-likeness (QED) is 0.838. The topological polar surface area (TPSA) is 69.6 Å². The molecule has 0 aromatic heterocycles. The van der Waals surface area contributed by atoms with E-state index in [2.05, 4.69) is 5.32 Å². The van der Waals surface area contributed by atoms with Gasteiger partial charge in [0.25, 0.3) is 0 Å². The highest BCUT2D eigenvalue weighted by Gasteiger charge is 2.35. The van der Waals surface area contributed by atoms with E-state index in [1.807, 2.05) is 61.5 Å². The number of aliphatic hydroxyl groups is 1. The molecular formula is C21H24N2O3. The lowest BCUT2D eigenvalue weighted by atomic mass is 9.99. The number of rotatable bonds is 6. The normalized spacial score (nSPS) is 18.0. The van der Waals surface area contributed by atoms with Crippen LogP contribution in [-0.2, 0) is 9.59 Å². The van der Waals surface area contributed by atoms with E-state index >= 15 is 0 Å². The first kappa shape index (κ1) is 18.1. The summed E-state index contributed by atoms with van der Waals surface area (Å²) in [5.41, 5.74) is 2.94. The molecule has 2 aromatic rings. The summed E-state index contributed by atoms with van der Waals surface area (Å²) in [5, 5.41) is 12.5. The first-order valence-electron chi connectivity index (χ1n) is 8.89. The van der Waals surface area contributed by atoms with Gasteiger partial charge in [0.05, 0.1) is 12.5 Å². The summed E-state index contributed by atoms with van der Waals surface area (Å²) >= 11 is 0. The van der Waals surface area contributed by atoms with Crippen LogP contribution in [0.25, 0.3) is 0 Å². The third-order valence-corrected chi connectivity index (χ3v) is 4.86. The van der Waals surface area contributed by atoms with E-state index in [1.54, 1.807) is 4.90 Å². The van der Waals surface area contributed by atoms with Crippen LogP contribution in [0, 0.1) is 12.8 Å². The van der Waals surface area contributed by atoms with Crippen LogP contribution < -0.4 is 10.2 Å². The fraction of sp³-hybridized carbons (Fsp3) is 0.333. The highest BCUT2D eigenvalue weighted by molar-refractivity contribution is 6.00. The summed E-state index contributed by atoms with van der Waals surface area (Å²) in [6.07, 6.45) is 0.217. The number of nitrogens with one attached hydrogen (secondary N) is 1. The lowest BCUT2D eigenvalue weighted by Gasteiger charge is -2.18. The van der Waals surface area contributed by atoms with Crippen LogP contribution in [-0.4, -0.2) is 36.6 Å². The Morgan fingerprint density at radius 1 is 1.19 bits per heavy atom. The van der Waals surface area contributed by atoms with E-state index in [-0.39, 0.29) is 36.7 Å². The standard InChI is InChI=1S/C21H24N2O3/c1-15-7-9-19(10-8-15)23-13-17(11-20(23)25)21(26)22-12-18(14-24)16-5-3-2-4-6-16/h2-10,17-18,24H,11-14H2,1H3,(H,22,26). The average Bonchev–Trinajstić information content (AvgIpc) is 3.05. The van der Waals surface area contributed by atoms with Crippen molar-refractivity contribution in [3.05, 3.63) is 65.7 Å². The number of aryl methyl sites for hydroxylation is 1. The van der Waals surface area contributed by atoms with Gasteiger partial charge in [-0.2, -0.15) is 0 Å². The molecule has 1 heterocycles. The first-order chi connectivity index (χ1) is 12.6. The van der Waals surface area contributed by atoms with E-state index in [9.17, 15) is 14.7 Å². The van der Waals surface area contributed by atoms with Gasteiger partial charge in [-0.3, -0.25) is 9.59 Å². The third-order valence-electron chi connectivity index (χ3n) is 4.86. The van der Waals surface area contributed by atoms with Gasteiger partial charge in [-0.1, -0.05) is 48.0 Å². The van der Waals surface area contributed by atoms with E-state index < -0.39 is 0 Å². The third kappa shape index (κ3) is 4.11. The molecule has 0 bridgehead atoms. The van der Waals surface area contributed by atoms with Crippen molar-refractivity contribution in [2.75, 3.05) is 24.6 Å². The van der Waals surface area contributed by atoms with Crippen LogP contribution in [0.2, 0.25) is 0 Å². The molecule has 3 rings (SSSR count). The van der Waals surface area contributed by atoms with Crippen LogP contribution in [0.15, 0.2) is 54.6 Å². The van der Waals surface area contributed by atoms with Crippen LogP contribution in [0.1, 0.15) is 23.5 Å². The van der Waals surface area contributed by atoms with Crippen molar-refractivity contribution in [3.8, 4) is 0 Å². The molecule has 136 valence electrons. The van der Waals surface area contributed by atoms with Gasteiger partial charge in [0.15, 0.2) is 0 Å². The zero-order valence-corrected chi connectivity index (χ0v) is 14.9. The van der Waals surface area contributed by atoms with Crippen LogP contribution >= 0.6 is 0 Å². The minimum atomic E-state index is -0.362. The number of carbonyl (C=O) groups excluding carboxylic acids is 2. The van der Waals surface area contributed by atoms with Gasteiger partial charge in [-0.25, -0.2) is 0 Å². The van der Waals surface area contributed by atoms with Gasteiger partial charge < -0.3 is 15.3 Å². The highest BCUT2D eigenvalue weighted by Crippen LogP contribution is 2.25. The molecule has 5 heteroatoms. The zero-order valence-electron chi connectivity index (χ0n) is 14.9. The van der Waals surface area contributed by atoms with E-state index in [4.69, 9.17) is 0 Å². The fourth-order valence-electron chi connectivity index (χ4n) is 3.24. The Labute approximate surface area is 153 Å². The smallest absolute Gasteiger partial charge is 0.227 e. The molecule has 1 fully saturated rings. The molecule has 0 aliphatic carbocycles. The molecule has 26 heavy (non-hydrogen) atoms. The second-order valence-electron chi connectivity index (χ2n) is 6.78. The predicted octanol–water partition coefficient (Wildman–Crippen LogP) is 2.24. The number of nitrogens with zero attached hydrogens (tertiary/aromatic N) is 1. The van der Waals surface area contributed by atoms with Gasteiger partial charge in [0.1, 0.15) is 0 Å². The minimum Gasteiger partial charge on any atom is -0.396 e. The van der Waals surface area contributed by atoms with Gasteiger partial charge in [-0.15, -0.1) is 0 Å². The predicted molar refractivity (Wildman–Crippen MR) is 101 cm³/mol. The Kier molecular flexibility index (Phi) is 5.68. The van der Waals surface area contributed by atoms with E-state index in [0.29, 0.717) is 13.1 Å². The Hall–Kier alpha value is -2.66. The van der Waals surface area contributed by atoms with E-state index in [0.717, 1.165) is 16.8 Å². The summed E-state index contributed by atoms with van der Waals surface area (Å²) in [7, 11) is 0. The van der Waals surface area contributed by atoms with E-state index in [1.165, 1.54) is 0 Å². The van der Waals surface area contributed by atoms with Crippen molar-refractivity contribution in [1.29, 1.82) is 0 Å². The molecule has 2 aromatic carbocycles. The maximum Gasteiger partial charge on any atom is 0.227 e. The molecule has 1 saturated heterocycles. The molecule has 5 nitrogen and oxygen atoms in total. The van der Waals surface area contributed by atoms with Crippen LogP contribution in [0.3, 0.4) is 0 Å². The van der Waals surface area contributed by atoms with Crippen LogP contribution in [0.5, 0.6) is 0 Å². The van der Waals surface area contributed by atoms with Crippen molar-refractivity contribution in [2.45, 2.75) is 19.3 Å². The van der Waals surface area contributed by atoms with Gasteiger partial charge in [0, 0.05) is 31.1 Å². The Balaban J connectivity index is 1.58. The lowest BCUT2D eigenvalue weighted by molar-refractivity contribution is -0.126. The van der Waals surface area contributed by atoms with Crippen molar-refractivity contribution in [2.24, 2.45) is 5.92 Å². The molecule has 2 atom stereocenters. The number of hydrogen-bond acceptors (Lipinski definition) is 3. The highest BCUT2D eigenvalue weighted by atomic mass is 16.3. The molecule has 0 spiro atoms. The zero-order chi connectivity index (χ0) is 18.5. The number of hydrogen-bond donors (Lipinski definition) is 2. The van der Waals surface area contributed by atoms with Crippen LogP contribution in [0.4, 0.5) is 5.69 Å². The maximum atomic E-state index is 12.5. The Bertz CT molecular complexity index is 759. The number of amides is 2. The summed E-state index contributed by atoms with van der Waals surface area (Å²) in [4.78, 5) is 26.5. The molecule has 0 radical (unpaired) electrons. The second kappa shape index (κ2) is 8.15. The molecular weight excluding hydrogens is 328 g/mol. The summed E-state index contributed by atoms with van der Waals surface area (Å²) < 4.78 is 0. The average molecular weight is 352 g/mol. The molecule has 2 amide bonds. The summed E-state index contributed by atoms with van der Waals surface area (Å²) in [5.74, 6) is -0.678. The van der Waals surface area contributed by atoms with Gasteiger partial charge in [-0.05, 0) is 24.6 Å². The minimum absolute atomic E-state index is 0.0317. The molecule has 2 N–H and O–H groups in total. The largest absolute Gasteiger partial charge is 0.396 e. The van der Waals surface area contributed by atoms with Crippen molar-refractivity contribution < 1.29 is 14.7 Å². The lowest BCUT2D eigenvalue weighted by Crippen LogP contribution is -2.36. The Morgan fingerprint density at radius 2 is 1.88 bits per heavy atom. The molecule has 0 saturated carbocycles. The van der Waals surface area contributed by atoms with Gasteiger partial charge in [0.2, 0.25) is 11.8 Å². The molecule has 1 aliphatic rings. The van der Waals surface area contributed by atoms with Gasteiger partial charge >= 0.3 is 0 Å². The maximum absolute atomic E-state index is 12.5. The van der Waals surface area contributed by atoms with Crippen molar-refractivity contribution >= 4 is 17.5 Å². The SMILES string of the molecule is Cc1ccc(N2CC(C(=O)NCC(CO)c3ccccc3)CC2=O)cc1. The second-order valence-corrected chi connectivity index (χ2v) is 6.78. The van der Waals surface area contributed by atoms with Crippen molar-refractivity contribution in [3.63, 3.8) is 0 Å². The monoisotopic (exact) mass is 352 g/mol. The molecule has 1 aliphatic heterocycles. The number of benzene rings is 2.